The lowest BCUT2D eigenvalue weighted by Gasteiger charge is -2.10. The number of thioether (sulfide) groups is 1. The molecular weight excluding hydrogens is 334 g/mol. The average molecular weight is 351 g/mol. The molecule has 1 aromatic heterocycles. The highest BCUT2D eigenvalue weighted by Crippen LogP contribution is 2.23. The van der Waals surface area contributed by atoms with Crippen LogP contribution in [0.25, 0.3) is 0 Å². The number of carbonyl (C=O) groups excluding carboxylic acids is 2. The van der Waals surface area contributed by atoms with E-state index in [0.29, 0.717) is 12.3 Å². The lowest BCUT2D eigenvalue weighted by atomic mass is 10.4. The molecule has 0 radical (unpaired) electrons. The van der Waals surface area contributed by atoms with E-state index in [-0.39, 0.29) is 22.8 Å². The van der Waals surface area contributed by atoms with Gasteiger partial charge in [0.2, 0.25) is 5.01 Å². The van der Waals surface area contributed by atoms with Crippen molar-refractivity contribution >= 4 is 35.0 Å². The second-order valence-corrected chi connectivity index (χ2v) is 6.82. The molecule has 0 saturated carbocycles. The minimum atomic E-state index is -0.455. The van der Waals surface area contributed by atoms with Crippen LogP contribution in [-0.4, -0.2) is 28.8 Å². The van der Waals surface area contributed by atoms with Crippen LogP contribution in [0.3, 0.4) is 0 Å². The van der Waals surface area contributed by atoms with E-state index in [4.69, 9.17) is 9.47 Å². The molecule has 0 spiro atoms. The van der Waals surface area contributed by atoms with Crippen LogP contribution >= 0.6 is 23.1 Å². The largest absolute Gasteiger partial charge is 0.461 e. The van der Waals surface area contributed by atoms with Gasteiger partial charge in [0.1, 0.15) is 11.9 Å². The summed E-state index contributed by atoms with van der Waals surface area (Å²) >= 11 is 2.62. The first kappa shape index (κ1) is 17.5. The van der Waals surface area contributed by atoms with Gasteiger partial charge in [-0.1, -0.05) is 18.2 Å². The van der Waals surface area contributed by atoms with Crippen molar-refractivity contribution in [3.05, 3.63) is 46.4 Å². The van der Waals surface area contributed by atoms with Crippen LogP contribution in [0.1, 0.15) is 29.3 Å². The van der Waals surface area contributed by atoms with E-state index in [1.165, 1.54) is 23.1 Å². The number of nitrogens with zero attached hydrogens (tertiary/aromatic N) is 1. The normalized spacial score (nSPS) is 11.7. The van der Waals surface area contributed by atoms with Crippen molar-refractivity contribution in [1.82, 2.24) is 4.98 Å². The average Bonchev–Trinajstić information content (AvgIpc) is 3.03. The molecule has 2 rings (SSSR count). The SMILES string of the molecule is CCOC(=O)c1nc(COC(=O)C(C)Sc2ccccc2)cs1. The molecule has 1 heterocycles. The molecule has 23 heavy (non-hydrogen) atoms. The fraction of sp³-hybridized carbons (Fsp3) is 0.312. The Hall–Kier alpha value is -1.86. The molecule has 0 aliphatic rings. The smallest absolute Gasteiger partial charge is 0.367 e. The van der Waals surface area contributed by atoms with Gasteiger partial charge >= 0.3 is 11.9 Å². The van der Waals surface area contributed by atoms with Crippen LogP contribution < -0.4 is 0 Å². The quantitative estimate of drug-likeness (QED) is 0.561. The predicted molar refractivity (Wildman–Crippen MR) is 89.6 cm³/mol. The molecule has 122 valence electrons. The lowest BCUT2D eigenvalue weighted by molar-refractivity contribution is -0.144. The lowest BCUT2D eigenvalue weighted by Crippen LogP contribution is -2.16. The first-order valence-corrected chi connectivity index (χ1v) is 8.86. The summed E-state index contributed by atoms with van der Waals surface area (Å²) in [5.41, 5.74) is 0.545. The Kier molecular flexibility index (Phi) is 6.61. The minimum absolute atomic E-state index is 0.0500. The third kappa shape index (κ3) is 5.37. The second kappa shape index (κ2) is 8.69. The first-order valence-electron chi connectivity index (χ1n) is 7.10. The van der Waals surface area contributed by atoms with E-state index in [1.807, 2.05) is 30.3 Å². The van der Waals surface area contributed by atoms with Gasteiger partial charge in [0.15, 0.2) is 0 Å². The zero-order valence-electron chi connectivity index (χ0n) is 12.9. The number of hydrogen-bond acceptors (Lipinski definition) is 7. The van der Waals surface area contributed by atoms with Gasteiger partial charge in [-0.25, -0.2) is 9.78 Å². The van der Waals surface area contributed by atoms with Gasteiger partial charge < -0.3 is 9.47 Å². The van der Waals surface area contributed by atoms with Gasteiger partial charge in [-0.05, 0) is 26.0 Å². The van der Waals surface area contributed by atoms with Gasteiger partial charge in [0.25, 0.3) is 0 Å². The maximum Gasteiger partial charge on any atom is 0.367 e. The molecule has 0 N–H and O–H groups in total. The molecule has 5 nitrogen and oxygen atoms in total. The molecule has 0 bridgehead atoms. The third-order valence-corrected chi connectivity index (χ3v) is 4.71. The maximum atomic E-state index is 12.0. The number of hydrogen-bond donors (Lipinski definition) is 0. The molecule has 1 unspecified atom stereocenters. The number of benzene rings is 1. The summed E-state index contributed by atoms with van der Waals surface area (Å²) in [6.07, 6.45) is 0. The van der Waals surface area contributed by atoms with E-state index in [0.717, 1.165) is 4.90 Å². The van der Waals surface area contributed by atoms with Crippen molar-refractivity contribution in [1.29, 1.82) is 0 Å². The second-order valence-electron chi connectivity index (χ2n) is 4.55. The van der Waals surface area contributed by atoms with Gasteiger partial charge in [-0.15, -0.1) is 23.1 Å². The summed E-state index contributed by atoms with van der Waals surface area (Å²) in [4.78, 5) is 28.6. The Balaban J connectivity index is 1.83. The van der Waals surface area contributed by atoms with Crippen molar-refractivity contribution in [2.45, 2.75) is 30.6 Å². The molecule has 1 atom stereocenters. The molecule has 7 heteroatoms. The van der Waals surface area contributed by atoms with E-state index in [2.05, 4.69) is 4.98 Å². The number of ether oxygens (including phenoxy) is 2. The highest BCUT2D eigenvalue weighted by Gasteiger charge is 2.17. The molecule has 1 aromatic carbocycles. The molecule has 0 fully saturated rings. The maximum absolute atomic E-state index is 12.0. The minimum Gasteiger partial charge on any atom is -0.461 e. The number of thiazole rings is 1. The zero-order chi connectivity index (χ0) is 16.7. The van der Waals surface area contributed by atoms with Crippen molar-refractivity contribution in [3.63, 3.8) is 0 Å². The summed E-state index contributed by atoms with van der Waals surface area (Å²) in [6.45, 7) is 3.89. The van der Waals surface area contributed by atoms with E-state index in [9.17, 15) is 9.59 Å². The Morgan fingerprint density at radius 2 is 2.00 bits per heavy atom. The van der Waals surface area contributed by atoms with Gasteiger partial charge in [0, 0.05) is 10.3 Å². The monoisotopic (exact) mass is 351 g/mol. The summed E-state index contributed by atoms with van der Waals surface area (Å²) < 4.78 is 10.1. The van der Waals surface area contributed by atoms with Crippen molar-refractivity contribution in [2.24, 2.45) is 0 Å². The first-order chi connectivity index (χ1) is 11.1. The summed E-state index contributed by atoms with van der Waals surface area (Å²) in [5.74, 6) is -0.771. The Morgan fingerprint density at radius 1 is 1.26 bits per heavy atom. The topological polar surface area (TPSA) is 65.5 Å². The zero-order valence-corrected chi connectivity index (χ0v) is 14.5. The van der Waals surface area contributed by atoms with Gasteiger partial charge in [-0.3, -0.25) is 4.79 Å². The van der Waals surface area contributed by atoms with Crippen molar-refractivity contribution in [2.75, 3.05) is 6.61 Å². The van der Waals surface area contributed by atoms with Crippen LogP contribution in [0.5, 0.6) is 0 Å². The van der Waals surface area contributed by atoms with Crippen LogP contribution in [-0.2, 0) is 20.9 Å². The standard InChI is InChI=1S/C16H17NO4S2/c1-3-20-16(19)14-17-12(10-22-14)9-21-15(18)11(2)23-13-7-5-4-6-8-13/h4-8,10-11H,3,9H2,1-2H3. The Labute approximate surface area is 143 Å². The number of esters is 2. The van der Waals surface area contributed by atoms with Crippen LogP contribution in [0.4, 0.5) is 0 Å². The van der Waals surface area contributed by atoms with Crippen molar-refractivity contribution in [3.8, 4) is 0 Å². The summed E-state index contributed by atoms with van der Waals surface area (Å²) in [7, 11) is 0. The summed E-state index contributed by atoms with van der Waals surface area (Å²) in [6, 6.07) is 9.66. The van der Waals surface area contributed by atoms with E-state index < -0.39 is 5.97 Å². The van der Waals surface area contributed by atoms with Gasteiger partial charge in [-0.2, -0.15) is 0 Å². The fourth-order valence-corrected chi connectivity index (χ4v) is 3.25. The molecule has 0 saturated heterocycles. The molecule has 0 aliphatic carbocycles. The number of carbonyl (C=O) groups is 2. The molecule has 2 aromatic rings. The highest BCUT2D eigenvalue weighted by molar-refractivity contribution is 8.00. The number of rotatable bonds is 7. The van der Waals surface area contributed by atoms with Crippen LogP contribution in [0.15, 0.2) is 40.6 Å². The predicted octanol–water partition coefficient (Wildman–Crippen LogP) is 3.54. The molecule has 0 aliphatic heterocycles. The van der Waals surface area contributed by atoms with Crippen LogP contribution in [0, 0.1) is 0 Å². The third-order valence-electron chi connectivity index (χ3n) is 2.75. The molecular formula is C16H17NO4S2. The number of aromatic nitrogens is 1. The Morgan fingerprint density at radius 3 is 2.70 bits per heavy atom. The Bertz CT molecular complexity index is 657. The molecule has 0 amide bonds. The van der Waals surface area contributed by atoms with E-state index in [1.54, 1.807) is 19.2 Å². The van der Waals surface area contributed by atoms with Crippen LogP contribution in [0.2, 0.25) is 0 Å². The van der Waals surface area contributed by atoms with Gasteiger partial charge in [0.05, 0.1) is 12.3 Å². The highest BCUT2D eigenvalue weighted by atomic mass is 32.2. The van der Waals surface area contributed by atoms with E-state index >= 15 is 0 Å². The van der Waals surface area contributed by atoms with Crippen molar-refractivity contribution < 1.29 is 19.1 Å². The summed E-state index contributed by atoms with van der Waals surface area (Å²) in [5, 5.41) is 1.64. The fourth-order valence-electron chi connectivity index (χ4n) is 1.67.